The maximum Gasteiger partial charge on any atom is 0.243 e. The number of rotatable bonds is 14. The van der Waals surface area contributed by atoms with Crippen LogP contribution < -0.4 is 14.4 Å². The molecule has 3 aromatic carbocycles. The fourth-order valence-electron chi connectivity index (χ4n) is 5.46. The zero-order valence-corrected chi connectivity index (χ0v) is 25.6. The number of ether oxygens (including phenoxy) is 1. The average Bonchev–Trinajstić information content (AvgIpc) is 3.51. The van der Waals surface area contributed by atoms with Gasteiger partial charge in [-0.05, 0) is 66.8 Å². The summed E-state index contributed by atoms with van der Waals surface area (Å²) in [5, 5.41) is 3.16. The quantitative estimate of drug-likeness (QED) is 0.275. The second kappa shape index (κ2) is 15.0. The Morgan fingerprint density at radius 3 is 2.21 bits per heavy atom. The first-order valence-corrected chi connectivity index (χ1v) is 16.5. The fourth-order valence-corrected chi connectivity index (χ4v) is 6.43. The summed E-state index contributed by atoms with van der Waals surface area (Å²) in [6, 6.07) is 21.4. The lowest BCUT2D eigenvalue weighted by molar-refractivity contribution is -0.141. The summed E-state index contributed by atoms with van der Waals surface area (Å²) in [6.07, 6.45) is 5.61. The molecule has 1 aliphatic rings. The smallest absolute Gasteiger partial charge is 0.243 e. The van der Waals surface area contributed by atoms with Gasteiger partial charge in [0, 0.05) is 32.0 Å². The van der Waals surface area contributed by atoms with E-state index in [2.05, 4.69) is 5.32 Å². The van der Waals surface area contributed by atoms with Gasteiger partial charge in [-0.15, -0.1) is 0 Å². The van der Waals surface area contributed by atoms with Crippen molar-refractivity contribution < 1.29 is 27.1 Å². The normalized spacial score (nSPS) is 14.2. The Morgan fingerprint density at radius 1 is 0.953 bits per heavy atom. The van der Waals surface area contributed by atoms with E-state index >= 15 is 0 Å². The number of amides is 2. The molecule has 1 atom stereocenters. The fraction of sp³-hybridized carbons (Fsp3) is 0.394. The molecule has 1 aliphatic carbocycles. The lowest BCUT2D eigenvalue weighted by Crippen LogP contribution is -2.52. The summed E-state index contributed by atoms with van der Waals surface area (Å²) in [7, 11) is -2.09. The molecule has 0 aromatic heterocycles. The number of nitrogens with one attached hydrogen (secondary N) is 1. The van der Waals surface area contributed by atoms with Gasteiger partial charge in [-0.3, -0.25) is 13.9 Å². The van der Waals surface area contributed by atoms with E-state index in [0.29, 0.717) is 23.4 Å². The second-order valence-corrected chi connectivity index (χ2v) is 12.9. The number of carbonyl (C=O) groups excluding carboxylic acids is 2. The maximum absolute atomic E-state index is 13.9. The first-order chi connectivity index (χ1) is 20.6. The van der Waals surface area contributed by atoms with E-state index in [0.717, 1.165) is 37.5 Å². The lowest BCUT2D eigenvalue weighted by Gasteiger charge is -2.33. The van der Waals surface area contributed by atoms with Crippen molar-refractivity contribution >= 4 is 27.5 Å². The summed E-state index contributed by atoms with van der Waals surface area (Å²) in [6.45, 7) is 0.196. The molecule has 0 aliphatic heterocycles. The molecule has 230 valence electrons. The van der Waals surface area contributed by atoms with Crippen LogP contribution in [-0.4, -0.2) is 57.1 Å². The number of hydrogen-bond acceptors (Lipinski definition) is 5. The predicted molar refractivity (Wildman–Crippen MR) is 166 cm³/mol. The van der Waals surface area contributed by atoms with Crippen LogP contribution >= 0.6 is 0 Å². The Kier molecular flexibility index (Phi) is 11.2. The molecule has 0 saturated heterocycles. The van der Waals surface area contributed by atoms with Crippen LogP contribution in [0.5, 0.6) is 5.75 Å². The van der Waals surface area contributed by atoms with Crippen molar-refractivity contribution in [1.82, 2.24) is 10.2 Å². The minimum Gasteiger partial charge on any atom is -0.497 e. The SMILES string of the molecule is COc1ccc(N(CCCC(=O)N(Cc2ccc(F)cc2)C(Cc2ccccc2)C(=O)NC2CCCC2)S(C)(=O)=O)cc1. The Hall–Kier alpha value is -3.92. The van der Waals surface area contributed by atoms with Crippen molar-refractivity contribution in [3.63, 3.8) is 0 Å². The molecular formula is C33H40FN3O5S. The molecule has 1 saturated carbocycles. The number of nitrogens with zero attached hydrogens (tertiary/aromatic N) is 2. The van der Waals surface area contributed by atoms with E-state index < -0.39 is 16.1 Å². The third kappa shape index (κ3) is 9.28. The van der Waals surface area contributed by atoms with Crippen LogP contribution in [0.25, 0.3) is 0 Å². The van der Waals surface area contributed by atoms with Gasteiger partial charge in [0.1, 0.15) is 17.6 Å². The highest BCUT2D eigenvalue weighted by Crippen LogP contribution is 2.24. The van der Waals surface area contributed by atoms with Gasteiger partial charge in [0.2, 0.25) is 21.8 Å². The van der Waals surface area contributed by atoms with Crippen LogP contribution in [0.4, 0.5) is 10.1 Å². The summed E-state index contributed by atoms with van der Waals surface area (Å²) in [5.74, 6) is -0.290. The van der Waals surface area contributed by atoms with Crippen LogP contribution in [-0.2, 0) is 32.6 Å². The van der Waals surface area contributed by atoms with E-state index in [1.54, 1.807) is 41.3 Å². The van der Waals surface area contributed by atoms with E-state index in [4.69, 9.17) is 4.74 Å². The van der Waals surface area contributed by atoms with E-state index in [1.165, 1.54) is 23.5 Å². The molecule has 1 fully saturated rings. The highest BCUT2D eigenvalue weighted by Gasteiger charge is 2.32. The van der Waals surface area contributed by atoms with Gasteiger partial charge in [0.25, 0.3) is 0 Å². The molecule has 1 unspecified atom stereocenters. The zero-order valence-electron chi connectivity index (χ0n) is 24.7. The Balaban J connectivity index is 1.57. The number of benzene rings is 3. The van der Waals surface area contributed by atoms with Crippen LogP contribution in [0, 0.1) is 5.82 Å². The van der Waals surface area contributed by atoms with Gasteiger partial charge < -0.3 is 15.0 Å². The number of anilines is 1. The summed E-state index contributed by atoms with van der Waals surface area (Å²) in [5.41, 5.74) is 2.07. The number of methoxy groups -OCH3 is 1. The van der Waals surface area contributed by atoms with Crippen molar-refractivity contribution in [3.05, 3.63) is 95.8 Å². The predicted octanol–water partition coefficient (Wildman–Crippen LogP) is 5.08. The lowest BCUT2D eigenvalue weighted by atomic mass is 10.0. The van der Waals surface area contributed by atoms with Crippen LogP contribution in [0.15, 0.2) is 78.9 Å². The minimum absolute atomic E-state index is 0.0192. The molecule has 8 nitrogen and oxygen atoms in total. The number of sulfonamides is 1. The van der Waals surface area contributed by atoms with Crippen molar-refractivity contribution in [1.29, 1.82) is 0 Å². The topological polar surface area (TPSA) is 96.0 Å². The van der Waals surface area contributed by atoms with E-state index in [1.807, 2.05) is 30.3 Å². The van der Waals surface area contributed by atoms with Crippen LogP contribution in [0.1, 0.15) is 49.7 Å². The third-order valence-electron chi connectivity index (χ3n) is 7.75. The first-order valence-electron chi connectivity index (χ1n) is 14.6. The molecular weight excluding hydrogens is 569 g/mol. The van der Waals surface area contributed by atoms with Gasteiger partial charge in [0.15, 0.2) is 0 Å². The van der Waals surface area contributed by atoms with Gasteiger partial charge in [0.05, 0.1) is 19.1 Å². The van der Waals surface area contributed by atoms with E-state index in [9.17, 15) is 22.4 Å². The molecule has 10 heteroatoms. The van der Waals surface area contributed by atoms with Crippen LogP contribution in [0.2, 0.25) is 0 Å². The Labute approximate surface area is 253 Å². The largest absolute Gasteiger partial charge is 0.497 e. The van der Waals surface area contributed by atoms with E-state index in [-0.39, 0.29) is 49.6 Å². The molecule has 0 bridgehead atoms. The van der Waals surface area contributed by atoms with Crippen molar-refractivity contribution in [2.24, 2.45) is 0 Å². The Bertz CT molecular complexity index is 1440. The van der Waals surface area contributed by atoms with Gasteiger partial charge >= 0.3 is 0 Å². The highest BCUT2D eigenvalue weighted by atomic mass is 32.2. The van der Waals surface area contributed by atoms with Crippen molar-refractivity contribution in [2.75, 3.05) is 24.2 Å². The van der Waals surface area contributed by atoms with Crippen LogP contribution in [0.3, 0.4) is 0 Å². The van der Waals surface area contributed by atoms with Gasteiger partial charge in [-0.1, -0.05) is 55.3 Å². The third-order valence-corrected chi connectivity index (χ3v) is 8.95. The zero-order chi connectivity index (χ0) is 30.8. The average molecular weight is 610 g/mol. The standard InChI is InChI=1S/C33H40FN3O5S/c1-42-30-20-18-29(19-21-30)37(43(2,40)41)22-8-13-32(38)36(24-26-14-16-27(34)17-15-26)31(23-25-9-4-3-5-10-25)33(39)35-28-11-6-7-12-28/h3-5,9-10,14-21,28,31H,6-8,11-13,22-24H2,1-2H3,(H,35,39). The maximum atomic E-state index is 13.9. The van der Waals surface area contributed by atoms with Gasteiger partial charge in [-0.25, -0.2) is 12.8 Å². The minimum atomic E-state index is -3.62. The van der Waals surface area contributed by atoms with Crippen molar-refractivity contribution in [3.8, 4) is 5.75 Å². The molecule has 3 aromatic rings. The molecule has 0 spiro atoms. The second-order valence-electron chi connectivity index (χ2n) is 11.0. The summed E-state index contributed by atoms with van der Waals surface area (Å²) < 4.78 is 45.4. The molecule has 43 heavy (non-hydrogen) atoms. The first kappa shape index (κ1) is 32.0. The van der Waals surface area contributed by atoms with Crippen molar-refractivity contribution in [2.45, 2.75) is 63.6 Å². The highest BCUT2D eigenvalue weighted by molar-refractivity contribution is 7.92. The molecule has 2 amide bonds. The number of carbonyl (C=O) groups is 2. The monoisotopic (exact) mass is 609 g/mol. The molecule has 4 rings (SSSR count). The summed E-state index contributed by atoms with van der Waals surface area (Å²) >= 11 is 0. The molecule has 0 radical (unpaired) electrons. The van der Waals surface area contributed by atoms with Gasteiger partial charge in [-0.2, -0.15) is 0 Å². The molecule has 1 N–H and O–H groups in total. The Morgan fingerprint density at radius 2 is 1.60 bits per heavy atom. The molecule has 0 heterocycles. The summed E-state index contributed by atoms with van der Waals surface area (Å²) in [4.78, 5) is 29.3. The number of hydrogen-bond donors (Lipinski definition) is 1. The number of halogens is 1.